The van der Waals surface area contributed by atoms with E-state index in [0.29, 0.717) is 0 Å². The Labute approximate surface area is 277 Å². The van der Waals surface area contributed by atoms with E-state index >= 15 is 0 Å². The number of fused-ring (bicyclic) bond motifs is 4. The Morgan fingerprint density at radius 2 is 1.39 bits per heavy atom. The average Bonchev–Trinajstić information content (AvgIpc) is 3.04. The summed E-state index contributed by atoms with van der Waals surface area (Å²) in [4.78, 5) is 16.9. The molecule has 233 valence electrons. The van der Waals surface area contributed by atoms with Gasteiger partial charge in [-0.15, -0.1) is 29.7 Å². The van der Waals surface area contributed by atoms with Crippen LogP contribution in [0.4, 0.5) is 0 Å². The molecule has 5 aromatic rings. The molecule has 4 heteroatoms. The number of aryl methyl sites for hydroxylation is 2. The number of carbonyl (C=O) groups excluding carboxylic acids is 1. The molecule has 0 unspecified atom stereocenters. The van der Waals surface area contributed by atoms with E-state index in [1.54, 1.807) is 0 Å². The Morgan fingerprint density at radius 1 is 0.773 bits per heavy atom. The molecule has 4 aromatic carbocycles. The van der Waals surface area contributed by atoms with Gasteiger partial charge in [-0.05, 0) is 78.3 Å². The summed E-state index contributed by atoms with van der Waals surface area (Å²) >= 11 is 0. The molecule has 0 saturated carbocycles. The van der Waals surface area contributed by atoms with E-state index in [9.17, 15) is 9.90 Å². The number of aromatic nitrogens is 1. The van der Waals surface area contributed by atoms with Crippen LogP contribution in [0, 0.1) is 30.7 Å². The molecular weight excluding hydrogens is 719 g/mol. The molecule has 0 spiro atoms. The first-order valence-electron chi connectivity index (χ1n) is 15.7. The number of carbonyl (C=O) groups is 1. The molecular formula is C40H46IrNO2-. The van der Waals surface area contributed by atoms with Gasteiger partial charge in [-0.3, -0.25) is 9.78 Å². The van der Waals surface area contributed by atoms with Gasteiger partial charge in [0, 0.05) is 48.9 Å². The topological polar surface area (TPSA) is 50.2 Å². The number of allylic oxidation sites excluding steroid dienone is 2. The first kappa shape index (κ1) is 35.2. The van der Waals surface area contributed by atoms with Gasteiger partial charge >= 0.3 is 0 Å². The molecule has 0 amide bonds. The fourth-order valence-corrected chi connectivity index (χ4v) is 5.41. The van der Waals surface area contributed by atoms with E-state index in [-0.39, 0.29) is 42.5 Å². The number of pyridine rings is 1. The average molecular weight is 765 g/mol. The third-order valence-corrected chi connectivity index (χ3v) is 9.89. The monoisotopic (exact) mass is 765 g/mol. The molecule has 0 fully saturated rings. The van der Waals surface area contributed by atoms with Crippen LogP contribution >= 0.6 is 0 Å². The Bertz CT molecular complexity index is 1790. The molecule has 0 aliphatic rings. The second-order valence-corrected chi connectivity index (χ2v) is 12.4. The minimum atomic E-state index is -0.337. The summed E-state index contributed by atoms with van der Waals surface area (Å²) in [5.41, 5.74) is 4.08. The van der Waals surface area contributed by atoms with E-state index in [4.69, 9.17) is 4.98 Å². The predicted molar refractivity (Wildman–Crippen MR) is 184 cm³/mol. The van der Waals surface area contributed by atoms with E-state index < -0.39 is 0 Å². The van der Waals surface area contributed by atoms with Crippen molar-refractivity contribution < 1.29 is 30.0 Å². The zero-order valence-corrected chi connectivity index (χ0v) is 29.9. The number of benzene rings is 4. The molecule has 0 atom stereocenters. The van der Waals surface area contributed by atoms with Gasteiger partial charge in [-0.1, -0.05) is 95.0 Å². The van der Waals surface area contributed by atoms with Gasteiger partial charge < -0.3 is 5.11 Å². The van der Waals surface area contributed by atoms with Crippen molar-refractivity contribution >= 4 is 38.1 Å². The van der Waals surface area contributed by atoms with Crippen molar-refractivity contribution in [3.63, 3.8) is 0 Å². The van der Waals surface area contributed by atoms with Crippen molar-refractivity contribution in [2.75, 3.05) is 0 Å². The van der Waals surface area contributed by atoms with Gasteiger partial charge in [0.2, 0.25) is 0 Å². The molecule has 5 rings (SSSR count). The molecule has 3 nitrogen and oxygen atoms in total. The van der Waals surface area contributed by atoms with Gasteiger partial charge in [0.15, 0.2) is 5.78 Å². The molecule has 1 aromatic heterocycles. The standard InChI is InChI=1S/C25H18N.C15H28O2.Ir/c1-16-13-20-9-10-23-22(24(20)14-17(16)2)11-12-26-25(23)21-8-7-18-5-3-4-6-19(18)15-21;1-7-14(5,8-2)12(16)11-13(17)15(6,9-3)10-4;/h3-14H,1-2H3;11,16H,7-10H2,1-6H3;/q-1;;/b;12-11-;. The molecule has 0 saturated heterocycles. The van der Waals surface area contributed by atoms with Crippen molar-refractivity contribution in [1.82, 2.24) is 4.98 Å². The molecule has 1 radical (unpaired) electrons. The Balaban J connectivity index is 0.000000260. The Morgan fingerprint density at radius 3 is 2.05 bits per heavy atom. The Hall–Kier alpha value is -3.33. The summed E-state index contributed by atoms with van der Waals surface area (Å²) in [5.74, 6) is 0.286. The normalized spacial score (nSPS) is 12.1. The van der Waals surface area contributed by atoms with E-state index in [2.05, 4.69) is 86.6 Å². The summed E-state index contributed by atoms with van der Waals surface area (Å²) < 4.78 is 0. The van der Waals surface area contributed by atoms with Crippen molar-refractivity contribution in [3.05, 3.63) is 102 Å². The van der Waals surface area contributed by atoms with E-state index in [1.165, 1.54) is 44.1 Å². The molecule has 0 aliphatic heterocycles. The summed E-state index contributed by atoms with van der Waals surface area (Å²) in [6, 6.07) is 27.2. The fourth-order valence-electron chi connectivity index (χ4n) is 5.41. The summed E-state index contributed by atoms with van der Waals surface area (Å²) in [5, 5.41) is 17.4. The number of aliphatic hydroxyl groups excluding tert-OH is 1. The Kier molecular flexibility index (Phi) is 11.7. The van der Waals surface area contributed by atoms with Gasteiger partial charge in [-0.25, -0.2) is 0 Å². The maximum absolute atomic E-state index is 12.2. The van der Waals surface area contributed by atoms with Crippen LogP contribution in [0.3, 0.4) is 0 Å². The summed E-state index contributed by atoms with van der Waals surface area (Å²) in [7, 11) is 0. The van der Waals surface area contributed by atoms with E-state index in [1.807, 2.05) is 47.7 Å². The maximum Gasteiger partial charge on any atom is 0.164 e. The van der Waals surface area contributed by atoms with Crippen LogP contribution in [-0.2, 0) is 24.9 Å². The van der Waals surface area contributed by atoms with Crippen LogP contribution in [-0.4, -0.2) is 15.9 Å². The summed E-state index contributed by atoms with van der Waals surface area (Å²) in [6.07, 6.45) is 6.67. The quantitative estimate of drug-likeness (QED) is 0.0741. The van der Waals surface area contributed by atoms with Crippen molar-refractivity contribution in [2.24, 2.45) is 10.8 Å². The van der Waals surface area contributed by atoms with Crippen LogP contribution < -0.4 is 0 Å². The second-order valence-electron chi connectivity index (χ2n) is 12.4. The first-order chi connectivity index (χ1) is 20.5. The number of hydrogen-bond donors (Lipinski definition) is 1. The fraction of sp³-hybridized carbons (Fsp3) is 0.350. The number of hydrogen-bond acceptors (Lipinski definition) is 3. The van der Waals surface area contributed by atoms with Gasteiger partial charge in [-0.2, -0.15) is 0 Å². The van der Waals surface area contributed by atoms with Gasteiger partial charge in [0.1, 0.15) is 5.76 Å². The maximum atomic E-state index is 12.2. The van der Waals surface area contributed by atoms with Gasteiger partial charge in [0.05, 0.1) is 0 Å². The number of ketones is 1. The molecule has 1 heterocycles. The van der Waals surface area contributed by atoms with Crippen LogP contribution in [0.25, 0.3) is 43.6 Å². The largest absolute Gasteiger partial charge is 0.512 e. The van der Waals surface area contributed by atoms with Crippen LogP contribution in [0.1, 0.15) is 78.4 Å². The summed E-state index contributed by atoms with van der Waals surface area (Å²) in [6.45, 7) is 16.4. The first-order valence-corrected chi connectivity index (χ1v) is 15.7. The SMILES string of the molecule is CCC(C)(CC)C(=O)/C=C(\O)C(C)(CC)CC.Cc1cc2ccc3c(-c4[c-]c5ccccc5cc4)nccc3c2cc1C.[Ir]. The third-order valence-electron chi connectivity index (χ3n) is 9.89. The smallest absolute Gasteiger partial charge is 0.164 e. The zero-order chi connectivity index (χ0) is 31.4. The van der Waals surface area contributed by atoms with Crippen LogP contribution in [0.5, 0.6) is 0 Å². The molecule has 1 N–H and O–H groups in total. The molecule has 0 aliphatic carbocycles. The zero-order valence-electron chi connectivity index (χ0n) is 27.5. The predicted octanol–water partition coefficient (Wildman–Crippen LogP) is 11.3. The minimum absolute atomic E-state index is 0. The van der Waals surface area contributed by atoms with Crippen molar-refractivity contribution in [1.29, 1.82) is 0 Å². The number of nitrogens with zero attached hydrogens (tertiary/aromatic N) is 1. The van der Waals surface area contributed by atoms with Crippen molar-refractivity contribution in [3.8, 4) is 11.3 Å². The van der Waals surface area contributed by atoms with E-state index in [0.717, 1.165) is 42.3 Å². The third kappa shape index (κ3) is 7.14. The van der Waals surface area contributed by atoms with Crippen LogP contribution in [0.15, 0.2) is 84.8 Å². The molecule has 44 heavy (non-hydrogen) atoms. The van der Waals surface area contributed by atoms with Crippen LogP contribution in [0.2, 0.25) is 0 Å². The number of aliphatic hydroxyl groups is 1. The van der Waals surface area contributed by atoms with Crippen molar-refractivity contribution in [2.45, 2.75) is 81.1 Å². The molecule has 0 bridgehead atoms. The minimum Gasteiger partial charge on any atom is -0.512 e. The second kappa shape index (κ2) is 14.6. The number of rotatable bonds is 8. The van der Waals surface area contributed by atoms with Gasteiger partial charge in [0.25, 0.3) is 0 Å².